The molecule has 2 amide bonds. The van der Waals surface area contributed by atoms with Crippen LogP contribution < -0.4 is 5.32 Å². The second kappa shape index (κ2) is 12.1. The van der Waals surface area contributed by atoms with Gasteiger partial charge in [0, 0.05) is 23.5 Å². The molecule has 0 spiro atoms. The Balaban J connectivity index is 1.45. The molecule has 11 heteroatoms. The number of carbonyl (C=O) groups excluding carboxylic acids is 2. The van der Waals surface area contributed by atoms with Gasteiger partial charge in [-0.25, -0.2) is 0 Å². The highest BCUT2D eigenvalue weighted by Crippen LogP contribution is 2.52. The quantitative estimate of drug-likeness (QED) is 0.178. The molecule has 38 heavy (non-hydrogen) atoms. The number of carbonyl (C=O) groups is 2. The van der Waals surface area contributed by atoms with E-state index in [2.05, 4.69) is 5.32 Å². The lowest BCUT2D eigenvalue weighted by atomic mass is 9.90. The number of nitro groups is 1. The molecule has 4 rings (SSSR count). The number of amides is 2. The fraction of sp³-hybridized carbons (Fsp3) is 0.370. The van der Waals surface area contributed by atoms with Crippen LogP contribution in [0.3, 0.4) is 0 Å². The molecule has 1 saturated heterocycles. The van der Waals surface area contributed by atoms with Crippen LogP contribution in [0.1, 0.15) is 50.3 Å². The Morgan fingerprint density at radius 3 is 2.55 bits per heavy atom. The van der Waals surface area contributed by atoms with E-state index >= 15 is 0 Å². The maximum Gasteiger partial charge on any atom is 0.269 e. The number of aliphatic hydroxyl groups is 1. The van der Waals surface area contributed by atoms with Crippen molar-refractivity contribution in [3.8, 4) is 0 Å². The third-order valence-electron chi connectivity index (χ3n) is 6.65. The first-order chi connectivity index (χ1) is 18.2. The number of ether oxygens (including phenoxy) is 1. The Morgan fingerprint density at radius 2 is 1.92 bits per heavy atom. The molecule has 9 nitrogen and oxygen atoms in total. The monoisotopic (exact) mass is 555 g/mol. The summed E-state index contributed by atoms with van der Waals surface area (Å²) in [6.45, 7) is 3.82. The van der Waals surface area contributed by atoms with Crippen LogP contribution >= 0.6 is 24.0 Å². The van der Waals surface area contributed by atoms with Gasteiger partial charge in [0.1, 0.15) is 17.7 Å². The molecule has 2 heterocycles. The van der Waals surface area contributed by atoms with Gasteiger partial charge in [0.25, 0.3) is 5.69 Å². The number of nitro benzene ring substituents is 1. The number of allylic oxidation sites excluding steroid dienone is 1. The SMILES string of the molecule is CC[C@H](O)[C@@H]1C(=O)N2C(C(=S)OCc3ccc([N+](=O)[O-])cc3)=C(CCC(=O)N[C@@H](C)c3ccccc3)S[C@H]12. The number of hydrogen-bond acceptors (Lipinski definition) is 8. The molecule has 2 aromatic carbocycles. The Hall–Kier alpha value is -3.28. The Labute approximate surface area is 230 Å². The summed E-state index contributed by atoms with van der Waals surface area (Å²) in [5, 5.41) is 24.1. The van der Waals surface area contributed by atoms with Crippen LogP contribution in [0.4, 0.5) is 5.69 Å². The molecule has 0 aromatic heterocycles. The molecule has 0 bridgehead atoms. The summed E-state index contributed by atoms with van der Waals surface area (Å²) < 4.78 is 5.83. The molecular formula is C27H29N3O6S2. The first-order valence-corrected chi connectivity index (χ1v) is 13.7. The number of nitrogens with zero attached hydrogens (tertiary/aromatic N) is 2. The number of benzene rings is 2. The Bertz CT molecular complexity index is 1250. The predicted molar refractivity (Wildman–Crippen MR) is 148 cm³/mol. The lowest BCUT2D eigenvalue weighted by Gasteiger charge is -2.44. The van der Waals surface area contributed by atoms with Gasteiger partial charge in [-0.2, -0.15) is 0 Å². The number of non-ortho nitro benzene ring substituents is 1. The van der Waals surface area contributed by atoms with E-state index in [-0.39, 0.29) is 47.0 Å². The highest BCUT2D eigenvalue weighted by Gasteiger charge is 2.57. The van der Waals surface area contributed by atoms with Gasteiger partial charge in [-0.3, -0.25) is 24.6 Å². The first kappa shape index (κ1) is 27.7. The smallest absolute Gasteiger partial charge is 0.269 e. The topological polar surface area (TPSA) is 122 Å². The number of nitrogens with one attached hydrogen (secondary N) is 1. The van der Waals surface area contributed by atoms with E-state index < -0.39 is 16.9 Å². The molecular weight excluding hydrogens is 526 g/mol. The maximum atomic E-state index is 13.0. The minimum absolute atomic E-state index is 0.0251. The second-order valence-electron chi connectivity index (χ2n) is 9.19. The summed E-state index contributed by atoms with van der Waals surface area (Å²) in [7, 11) is 0. The van der Waals surface area contributed by atoms with Crippen molar-refractivity contribution in [1.82, 2.24) is 10.2 Å². The molecule has 1 fully saturated rings. The number of hydrogen-bond donors (Lipinski definition) is 2. The fourth-order valence-electron chi connectivity index (χ4n) is 4.48. The van der Waals surface area contributed by atoms with Crippen molar-refractivity contribution >= 4 is 46.5 Å². The van der Waals surface area contributed by atoms with E-state index in [9.17, 15) is 24.8 Å². The van der Waals surface area contributed by atoms with Crippen LogP contribution in [0.2, 0.25) is 0 Å². The minimum atomic E-state index is -0.763. The Kier molecular flexibility index (Phi) is 8.80. The van der Waals surface area contributed by atoms with Crippen molar-refractivity contribution in [2.75, 3.05) is 0 Å². The summed E-state index contributed by atoms with van der Waals surface area (Å²) in [5.74, 6) is -0.885. The highest BCUT2D eigenvalue weighted by molar-refractivity contribution is 8.04. The van der Waals surface area contributed by atoms with Gasteiger partial charge in [-0.15, -0.1) is 11.8 Å². The van der Waals surface area contributed by atoms with Crippen LogP contribution in [0.25, 0.3) is 0 Å². The zero-order chi connectivity index (χ0) is 27.4. The van der Waals surface area contributed by atoms with Crippen molar-refractivity contribution in [3.63, 3.8) is 0 Å². The van der Waals surface area contributed by atoms with Crippen molar-refractivity contribution in [2.45, 2.75) is 57.2 Å². The van der Waals surface area contributed by atoms with E-state index in [1.54, 1.807) is 17.0 Å². The molecule has 2 aliphatic rings. The van der Waals surface area contributed by atoms with Crippen LogP contribution in [0.5, 0.6) is 0 Å². The normalized spacial score (nSPS) is 19.9. The maximum absolute atomic E-state index is 13.0. The predicted octanol–water partition coefficient (Wildman–Crippen LogP) is 4.61. The molecule has 200 valence electrons. The standard InChI is InChI=1S/C27H29N3O6S2/c1-3-20(31)23-25(33)29-24(27(37)36-15-17-9-11-19(12-10-17)30(34)35)21(38-26(23)29)13-14-22(32)28-16(2)18-7-5-4-6-8-18/h4-12,16,20,23,26,31H,3,13-15H2,1-2H3,(H,28,32)/t16-,20-,23+,26+/m0/s1. The van der Waals surface area contributed by atoms with E-state index in [0.717, 1.165) is 10.5 Å². The number of thiocarbonyl (C=S) groups is 1. The summed E-state index contributed by atoms with van der Waals surface area (Å²) in [6.07, 6.45) is 0.252. The fourth-order valence-corrected chi connectivity index (χ4v) is 6.40. The second-order valence-corrected chi connectivity index (χ2v) is 10.8. The average molecular weight is 556 g/mol. The van der Waals surface area contributed by atoms with Crippen molar-refractivity contribution < 1.29 is 24.4 Å². The summed E-state index contributed by atoms with van der Waals surface area (Å²) in [5.41, 5.74) is 2.13. The largest absolute Gasteiger partial charge is 0.477 e. The molecule has 4 atom stereocenters. The average Bonchev–Trinajstić information content (AvgIpc) is 3.25. The van der Waals surface area contributed by atoms with Crippen molar-refractivity contribution in [1.29, 1.82) is 0 Å². The lowest BCUT2D eigenvalue weighted by Crippen LogP contribution is -2.61. The molecule has 2 aliphatic heterocycles. The zero-order valence-electron chi connectivity index (χ0n) is 21.0. The van der Waals surface area contributed by atoms with Gasteiger partial charge in [0.05, 0.1) is 23.0 Å². The number of thioether (sulfide) groups is 1. The van der Waals surface area contributed by atoms with E-state index in [1.807, 2.05) is 44.2 Å². The third kappa shape index (κ3) is 5.90. The van der Waals surface area contributed by atoms with Crippen LogP contribution in [-0.4, -0.2) is 43.3 Å². The highest BCUT2D eigenvalue weighted by atomic mass is 32.2. The minimum Gasteiger partial charge on any atom is -0.477 e. The van der Waals surface area contributed by atoms with Crippen molar-refractivity contribution in [3.05, 3.63) is 86.4 Å². The van der Waals surface area contributed by atoms with Gasteiger partial charge in [-0.1, -0.05) is 37.3 Å². The molecule has 0 aliphatic carbocycles. The lowest BCUT2D eigenvalue weighted by molar-refractivity contribution is -0.384. The summed E-state index contributed by atoms with van der Waals surface area (Å²) in [6, 6.07) is 15.5. The first-order valence-electron chi connectivity index (χ1n) is 12.4. The number of β-lactam (4-membered cyclic amide) rings is 1. The zero-order valence-corrected chi connectivity index (χ0v) is 22.7. The number of fused-ring (bicyclic) bond motifs is 1. The van der Waals surface area contributed by atoms with Gasteiger partial charge < -0.3 is 15.2 Å². The summed E-state index contributed by atoms with van der Waals surface area (Å²) in [4.78, 5) is 38.5. The summed E-state index contributed by atoms with van der Waals surface area (Å²) >= 11 is 7.00. The van der Waals surface area contributed by atoms with E-state index in [4.69, 9.17) is 17.0 Å². The number of aliphatic hydroxyl groups excluding tert-OH is 1. The van der Waals surface area contributed by atoms with E-state index in [0.29, 0.717) is 24.1 Å². The number of rotatable bonds is 11. The molecule has 2 aromatic rings. The Morgan fingerprint density at radius 1 is 1.24 bits per heavy atom. The molecule has 0 unspecified atom stereocenters. The molecule has 0 saturated carbocycles. The van der Waals surface area contributed by atoms with Crippen LogP contribution in [0.15, 0.2) is 65.2 Å². The third-order valence-corrected chi connectivity index (χ3v) is 8.39. The van der Waals surface area contributed by atoms with Gasteiger partial charge in [0.2, 0.25) is 16.9 Å². The van der Waals surface area contributed by atoms with Gasteiger partial charge in [0.15, 0.2) is 0 Å². The van der Waals surface area contributed by atoms with Crippen molar-refractivity contribution in [2.24, 2.45) is 5.92 Å². The van der Waals surface area contributed by atoms with Crippen LogP contribution in [0, 0.1) is 16.0 Å². The molecule has 2 N–H and O–H groups in total. The van der Waals surface area contributed by atoms with E-state index in [1.165, 1.54) is 23.9 Å². The molecule has 0 radical (unpaired) electrons. The van der Waals surface area contributed by atoms with Gasteiger partial charge in [-0.05, 0) is 55.2 Å². The van der Waals surface area contributed by atoms with Crippen LogP contribution in [-0.2, 0) is 20.9 Å². The van der Waals surface area contributed by atoms with Gasteiger partial charge >= 0.3 is 0 Å².